The fourth-order valence-electron chi connectivity index (χ4n) is 0.549. The summed E-state index contributed by atoms with van der Waals surface area (Å²) in [7, 11) is 0. The van der Waals surface area contributed by atoms with Crippen LogP contribution in [0.5, 0.6) is 0 Å². The minimum absolute atomic E-state index is 0.396. The fraction of sp³-hybridized carbons (Fsp3) is 0.700. The zero-order valence-electron chi connectivity index (χ0n) is 10.2. The van der Waals surface area contributed by atoms with Gasteiger partial charge in [0.2, 0.25) is 5.78 Å². The highest BCUT2D eigenvalue weighted by Crippen LogP contribution is 2.07. The van der Waals surface area contributed by atoms with E-state index in [0.29, 0.717) is 0 Å². The minimum atomic E-state index is -1.71. The average molecular weight is 250 g/mol. The molecule has 0 amide bonds. The Morgan fingerprint density at radius 3 is 1.41 bits per heavy atom. The number of carboxylic acid groups (broad SMARTS) is 2. The Bertz CT molecular complexity index is 288. The van der Waals surface area contributed by atoms with E-state index >= 15 is 0 Å². The lowest BCUT2D eigenvalue weighted by Gasteiger charge is -2.19. The Labute approximate surface area is 98.7 Å². The summed E-state index contributed by atoms with van der Waals surface area (Å²) in [5.74, 6) is -3.89. The molecule has 0 rings (SSSR count). The molecular formula is C10H18O7. The molecule has 0 bridgehead atoms. The van der Waals surface area contributed by atoms with Crippen molar-refractivity contribution >= 4 is 17.7 Å². The number of hydrogen-bond donors (Lipinski definition) is 4. The third-order valence-corrected chi connectivity index (χ3v) is 1.64. The maximum Gasteiger partial charge on any atom is 0.372 e. The first kappa shape index (κ1) is 17.9. The SMILES string of the molecule is CC(C)(O)C(O)C(=O)O.CC(C)C(=O)C(=O)O. The van der Waals surface area contributed by atoms with Crippen LogP contribution in [0.15, 0.2) is 0 Å². The molecule has 0 radical (unpaired) electrons. The summed E-state index contributed by atoms with van der Waals surface area (Å²) in [6.07, 6.45) is -1.71. The van der Waals surface area contributed by atoms with Gasteiger partial charge in [-0.15, -0.1) is 0 Å². The lowest BCUT2D eigenvalue weighted by molar-refractivity contribution is -0.159. The van der Waals surface area contributed by atoms with Crippen molar-refractivity contribution < 1.29 is 34.8 Å². The zero-order valence-corrected chi connectivity index (χ0v) is 10.2. The van der Waals surface area contributed by atoms with Gasteiger partial charge in [-0.05, 0) is 13.8 Å². The van der Waals surface area contributed by atoms with Crippen LogP contribution in [0.1, 0.15) is 27.7 Å². The van der Waals surface area contributed by atoms with Crippen LogP contribution in [-0.2, 0) is 14.4 Å². The van der Waals surface area contributed by atoms with Crippen LogP contribution >= 0.6 is 0 Å². The molecule has 0 saturated carbocycles. The highest BCUT2D eigenvalue weighted by atomic mass is 16.4. The van der Waals surface area contributed by atoms with Crippen molar-refractivity contribution in [1.29, 1.82) is 0 Å². The van der Waals surface area contributed by atoms with E-state index in [-0.39, 0.29) is 0 Å². The van der Waals surface area contributed by atoms with E-state index in [0.717, 1.165) is 0 Å². The van der Waals surface area contributed by atoms with Gasteiger partial charge >= 0.3 is 11.9 Å². The van der Waals surface area contributed by atoms with Crippen LogP contribution < -0.4 is 0 Å². The highest BCUT2D eigenvalue weighted by Gasteiger charge is 2.30. The van der Waals surface area contributed by atoms with Gasteiger partial charge in [-0.2, -0.15) is 0 Å². The average Bonchev–Trinajstić information content (AvgIpc) is 2.14. The first-order valence-corrected chi connectivity index (χ1v) is 4.81. The van der Waals surface area contributed by atoms with Crippen LogP contribution in [0.2, 0.25) is 0 Å². The normalized spacial score (nSPS) is 12.4. The molecule has 0 aliphatic rings. The predicted molar refractivity (Wildman–Crippen MR) is 57.4 cm³/mol. The predicted octanol–water partition coefficient (Wildman–Crippen LogP) is -0.501. The van der Waals surface area contributed by atoms with Crippen LogP contribution in [0.3, 0.4) is 0 Å². The molecule has 0 spiro atoms. The molecule has 100 valence electrons. The van der Waals surface area contributed by atoms with Crippen molar-refractivity contribution in [3.8, 4) is 0 Å². The minimum Gasteiger partial charge on any atom is -0.479 e. The number of carbonyl (C=O) groups is 3. The van der Waals surface area contributed by atoms with Gasteiger partial charge in [0.05, 0.1) is 5.60 Å². The summed E-state index contributed by atoms with van der Waals surface area (Å²) in [5.41, 5.74) is -1.56. The number of hydrogen-bond acceptors (Lipinski definition) is 5. The van der Waals surface area contributed by atoms with E-state index in [9.17, 15) is 14.4 Å². The first-order chi connectivity index (χ1) is 7.41. The van der Waals surface area contributed by atoms with Gasteiger partial charge in [0.1, 0.15) is 0 Å². The number of aliphatic hydroxyl groups excluding tert-OH is 1. The van der Waals surface area contributed by atoms with Gasteiger partial charge in [-0.3, -0.25) is 4.79 Å². The molecule has 4 N–H and O–H groups in total. The van der Waals surface area contributed by atoms with Crippen LogP contribution in [0.4, 0.5) is 0 Å². The van der Waals surface area contributed by atoms with Crippen molar-refractivity contribution in [1.82, 2.24) is 0 Å². The van der Waals surface area contributed by atoms with E-state index in [1.165, 1.54) is 13.8 Å². The molecule has 0 aromatic rings. The second-order valence-corrected chi connectivity index (χ2v) is 4.22. The van der Waals surface area contributed by atoms with Gasteiger partial charge in [0.25, 0.3) is 0 Å². The van der Waals surface area contributed by atoms with Crippen LogP contribution in [0, 0.1) is 5.92 Å². The maximum atomic E-state index is 10.2. The molecule has 7 heteroatoms. The molecule has 0 heterocycles. The lowest BCUT2D eigenvalue weighted by Crippen LogP contribution is -2.41. The van der Waals surface area contributed by atoms with Crippen molar-refractivity contribution in [2.75, 3.05) is 0 Å². The molecule has 1 unspecified atom stereocenters. The van der Waals surface area contributed by atoms with E-state index in [2.05, 4.69) is 0 Å². The third-order valence-electron chi connectivity index (χ3n) is 1.64. The zero-order chi connectivity index (χ0) is 14.4. The van der Waals surface area contributed by atoms with Crippen molar-refractivity contribution in [3.05, 3.63) is 0 Å². The number of carboxylic acids is 2. The highest BCUT2D eigenvalue weighted by molar-refractivity contribution is 6.33. The molecule has 0 saturated heterocycles. The molecule has 0 aliphatic carbocycles. The molecule has 7 nitrogen and oxygen atoms in total. The van der Waals surface area contributed by atoms with Crippen LogP contribution in [-0.4, -0.2) is 49.9 Å². The Hall–Kier alpha value is -1.47. The molecule has 0 aromatic heterocycles. The summed E-state index contributed by atoms with van der Waals surface area (Å²) in [6, 6.07) is 0. The summed E-state index contributed by atoms with van der Waals surface area (Å²) in [4.78, 5) is 30.0. The van der Waals surface area contributed by atoms with Gasteiger partial charge in [0.15, 0.2) is 6.10 Å². The van der Waals surface area contributed by atoms with Gasteiger partial charge < -0.3 is 20.4 Å². The number of Topliss-reactive ketones (excluding diaryl/α,β-unsaturated/α-hetero) is 1. The summed E-state index contributed by atoms with van der Waals surface area (Å²) >= 11 is 0. The number of carbonyl (C=O) groups excluding carboxylic acids is 1. The molecule has 0 fully saturated rings. The van der Waals surface area contributed by atoms with Crippen molar-refractivity contribution in [2.24, 2.45) is 5.92 Å². The largest absolute Gasteiger partial charge is 0.479 e. The van der Waals surface area contributed by atoms with Crippen LogP contribution in [0.25, 0.3) is 0 Å². The van der Waals surface area contributed by atoms with Crippen molar-refractivity contribution in [3.63, 3.8) is 0 Å². The van der Waals surface area contributed by atoms with Gasteiger partial charge in [-0.1, -0.05) is 13.8 Å². The van der Waals surface area contributed by atoms with Crippen molar-refractivity contribution in [2.45, 2.75) is 39.4 Å². The molecule has 0 aliphatic heterocycles. The standard InChI is InChI=1S/C5H10O4.C5H8O3/c1-5(2,9)3(6)4(7)8;1-3(2)4(6)5(7)8/h3,6,9H,1-2H3,(H,7,8);3H,1-2H3,(H,7,8). The molecular weight excluding hydrogens is 232 g/mol. The second kappa shape index (κ2) is 6.97. The Balaban J connectivity index is 0. The Morgan fingerprint density at radius 1 is 1.06 bits per heavy atom. The first-order valence-electron chi connectivity index (χ1n) is 4.81. The van der Waals surface area contributed by atoms with Gasteiger partial charge in [-0.25, -0.2) is 9.59 Å². The molecule has 1 atom stereocenters. The van der Waals surface area contributed by atoms with E-state index in [1.807, 2.05) is 0 Å². The monoisotopic (exact) mass is 250 g/mol. The Morgan fingerprint density at radius 2 is 1.41 bits per heavy atom. The quantitative estimate of drug-likeness (QED) is 0.494. The number of rotatable bonds is 4. The summed E-state index contributed by atoms with van der Waals surface area (Å²) in [6.45, 7) is 5.56. The topological polar surface area (TPSA) is 132 Å². The van der Waals surface area contributed by atoms with E-state index < -0.39 is 35.3 Å². The third kappa shape index (κ3) is 8.35. The summed E-state index contributed by atoms with van der Waals surface area (Å²) < 4.78 is 0. The van der Waals surface area contributed by atoms with E-state index in [4.69, 9.17) is 20.4 Å². The lowest BCUT2D eigenvalue weighted by atomic mass is 10.0. The number of ketones is 1. The smallest absolute Gasteiger partial charge is 0.372 e. The second-order valence-electron chi connectivity index (χ2n) is 4.22. The number of aliphatic hydroxyl groups is 2. The van der Waals surface area contributed by atoms with Gasteiger partial charge in [0, 0.05) is 5.92 Å². The molecule has 17 heavy (non-hydrogen) atoms. The number of aliphatic carboxylic acids is 2. The molecule has 0 aromatic carbocycles. The fourth-order valence-corrected chi connectivity index (χ4v) is 0.549. The van der Waals surface area contributed by atoms with E-state index in [1.54, 1.807) is 13.8 Å². The maximum absolute atomic E-state index is 10.2. The Kier molecular flexibility index (Phi) is 7.35. The summed E-state index contributed by atoms with van der Waals surface area (Å²) in [5, 5.41) is 33.5.